The van der Waals surface area contributed by atoms with E-state index in [4.69, 9.17) is 9.47 Å². The van der Waals surface area contributed by atoms with Gasteiger partial charge in [0, 0.05) is 6.42 Å². The van der Waals surface area contributed by atoms with Crippen LogP contribution >= 0.6 is 0 Å². The third kappa shape index (κ3) is 5.57. The van der Waals surface area contributed by atoms with Gasteiger partial charge in [-0.3, -0.25) is 4.79 Å². The fraction of sp³-hybridized carbons (Fsp3) is 0.440. The second kappa shape index (κ2) is 8.61. The Hall–Kier alpha value is -3.02. The first kappa shape index (κ1) is 22.7. The lowest BCUT2D eigenvalue weighted by Gasteiger charge is -2.28. The third-order valence-corrected chi connectivity index (χ3v) is 5.23. The van der Waals surface area contributed by atoms with E-state index < -0.39 is 0 Å². The van der Waals surface area contributed by atoms with Crippen LogP contribution in [0.15, 0.2) is 35.4 Å². The van der Waals surface area contributed by atoms with Gasteiger partial charge in [-0.15, -0.1) is 0 Å². The molecule has 0 fully saturated rings. The van der Waals surface area contributed by atoms with E-state index in [1.54, 1.807) is 6.21 Å². The van der Waals surface area contributed by atoms with Crippen LogP contribution in [0.2, 0.25) is 0 Å². The van der Waals surface area contributed by atoms with E-state index >= 15 is 0 Å². The fourth-order valence-corrected chi connectivity index (χ4v) is 3.47. The van der Waals surface area contributed by atoms with Crippen molar-refractivity contribution in [3.63, 3.8) is 0 Å². The highest BCUT2D eigenvalue weighted by Gasteiger charge is 2.26. The average Bonchev–Trinajstić information content (AvgIpc) is 3.13. The van der Waals surface area contributed by atoms with Crippen molar-refractivity contribution in [3.8, 4) is 17.2 Å². The molecule has 1 heterocycles. The Kier molecular flexibility index (Phi) is 6.30. The molecule has 0 aromatic heterocycles. The molecule has 1 amide bonds. The van der Waals surface area contributed by atoms with Gasteiger partial charge < -0.3 is 14.6 Å². The average molecular weight is 425 g/mol. The van der Waals surface area contributed by atoms with Crippen molar-refractivity contribution in [2.75, 3.05) is 6.79 Å². The van der Waals surface area contributed by atoms with Gasteiger partial charge in [-0.05, 0) is 57.7 Å². The number of carbonyl (C=O) groups is 1. The second-order valence-electron chi connectivity index (χ2n) is 9.95. The number of hydrazone groups is 1. The van der Waals surface area contributed by atoms with Crippen LogP contribution in [0.3, 0.4) is 0 Å². The number of rotatable bonds is 5. The number of hydrogen-bond acceptors (Lipinski definition) is 5. The standard InChI is InChI=1S/C25H32N2O4/c1-24(2,3)18-11-16(12-19(23(18)29)25(4,5)6)8-10-22(28)27-26-14-17-7-9-20-21(13-17)31-15-30-20/h7,9,11-14,29H,8,10,15H2,1-6H3,(H,27,28)/b26-14-. The number of nitrogens with zero attached hydrogens (tertiary/aromatic N) is 1. The number of ether oxygens (including phenoxy) is 2. The van der Waals surface area contributed by atoms with Gasteiger partial charge in [0.05, 0.1) is 6.21 Å². The summed E-state index contributed by atoms with van der Waals surface area (Å²) in [5.74, 6) is 1.56. The maximum Gasteiger partial charge on any atom is 0.240 e. The van der Waals surface area contributed by atoms with Crippen LogP contribution in [0.1, 0.15) is 70.2 Å². The molecular formula is C25H32N2O4. The summed E-state index contributed by atoms with van der Waals surface area (Å²) in [5.41, 5.74) is 5.83. The molecule has 0 radical (unpaired) electrons. The summed E-state index contributed by atoms with van der Waals surface area (Å²) in [7, 11) is 0. The molecule has 0 saturated carbocycles. The molecular weight excluding hydrogens is 392 g/mol. The minimum atomic E-state index is -0.197. The number of phenolic OH excluding ortho intramolecular Hbond substituents is 1. The number of amides is 1. The van der Waals surface area contributed by atoms with Crippen molar-refractivity contribution >= 4 is 12.1 Å². The van der Waals surface area contributed by atoms with E-state index in [2.05, 4.69) is 52.1 Å². The first-order valence-corrected chi connectivity index (χ1v) is 10.5. The molecule has 6 heteroatoms. The molecule has 1 aliphatic rings. The zero-order valence-corrected chi connectivity index (χ0v) is 19.2. The molecule has 0 bridgehead atoms. The van der Waals surface area contributed by atoms with Crippen molar-refractivity contribution in [1.29, 1.82) is 0 Å². The van der Waals surface area contributed by atoms with Crippen molar-refractivity contribution in [3.05, 3.63) is 52.6 Å². The molecule has 1 aliphatic heterocycles. The Labute approximate surface area is 184 Å². The maximum absolute atomic E-state index is 12.3. The van der Waals surface area contributed by atoms with Crippen LogP contribution in [-0.4, -0.2) is 24.0 Å². The molecule has 31 heavy (non-hydrogen) atoms. The quantitative estimate of drug-likeness (QED) is 0.534. The number of nitrogens with one attached hydrogen (secondary N) is 1. The van der Waals surface area contributed by atoms with Gasteiger partial charge in [0.25, 0.3) is 0 Å². The zero-order chi connectivity index (χ0) is 22.8. The minimum Gasteiger partial charge on any atom is -0.507 e. The van der Waals surface area contributed by atoms with Crippen LogP contribution in [0, 0.1) is 0 Å². The van der Waals surface area contributed by atoms with E-state index in [0.717, 1.165) is 22.3 Å². The monoisotopic (exact) mass is 424 g/mol. The number of aryl methyl sites for hydroxylation is 1. The second-order valence-corrected chi connectivity index (χ2v) is 9.95. The molecule has 0 atom stereocenters. The summed E-state index contributed by atoms with van der Waals surface area (Å²) < 4.78 is 10.6. The van der Waals surface area contributed by atoms with Gasteiger partial charge in [0.15, 0.2) is 11.5 Å². The zero-order valence-electron chi connectivity index (χ0n) is 19.2. The SMILES string of the molecule is CC(C)(C)c1cc(CCC(=O)N/N=C\c2ccc3c(c2)OCO3)cc(C(C)(C)C)c1O. The highest BCUT2D eigenvalue weighted by molar-refractivity contribution is 5.83. The number of phenols is 1. The van der Waals surface area contributed by atoms with Crippen molar-refractivity contribution in [2.24, 2.45) is 5.10 Å². The minimum absolute atomic E-state index is 0.167. The Bertz CT molecular complexity index is 963. The predicted molar refractivity (Wildman–Crippen MR) is 122 cm³/mol. The highest BCUT2D eigenvalue weighted by atomic mass is 16.7. The fourth-order valence-electron chi connectivity index (χ4n) is 3.47. The van der Waals surface area contributed by atoms with E-state index in [1.807, 2.05) is 30.3 Å². The third-order valence-electron chi connectivity index (χ3n) is 5.23. The first-order valence-electron chi connectivity index (χ1n) is 10.5. The van der Waals surface area contributed by atoms with Gasteiger partial charge in [0.1, 0.15) is 5.75 Å². The highest BCUT2D eigenvalue weighted by Crippen LogP contribution is 2.40. The van der Waals surface area contributed by atoms with Gasteiger partial charge in [0.2, 0.25) is 12.7 Å². The predicted octanol–water partition coefficient (Wildman–Crippen LogP) is 4.80. The lowest BCUT2D eigenvalue weighted by molar-refractivity contribution is -0.121. The maximum atomic E-state index is 12.3. The largest absolute Gasteiger partial charge is 0.507 e. The Morgan fingerprint density at radius 1 is 1.03 bits per heavy atom. The number of carbonyl (C=O) groups excluding carboxylic acids is 1. The van der Waals surface area contributed by atoms with Crippen LogP contribution < -0.4 is 14.9 Å². The summed E-state index contributed by atoms with van der Waals surface area (Å²) in [6.45, 7) is 12.7. The topological polar surface area (TPSA) is 80.2 Å². The molecule has 0 aliphatic carbocycles. The molecule has 0 saturated heterocycles. The number of aromatic hydroxyl groups is 1. The van der Waals surface area contributed by atoms with Gasteiger partial charge in [-0.2, -0.15) is 5.10 Å². The van der Waals surface area contributed by atoms with Crippen molar-refractivity contribution in [1.82, 2.24) is 5.43 Å². The smallest absolute Gasteiger partial charge is 0.240 e. The molecule has 2 aromatic rings. The van der Waals surface area contributed by atoms with Crippen LogP contribution in [0.5, 0.6) is 17.2 Å². The molecule has 3 rings (SSSR count). The molecule has 0 spiro atoms. The molecule has 2 aromatic carbocycles. The van der Waals surface area contributed by atoms with Crippen LogP contribution in [0.4, 0.5) is 0 Å². The summed E-state index contributed by atoms with van der Waals surface area (Å²) in [6.07, 6.45) is 2.45. The van der Waals surface area contributed by atoms with Crippen molar-refractivity contribution in [2.45, 2.75) is 65.2 Å². The Balaban J connectivity index is 1.65. The number of benzene rings is 2. The number of hydrogen-bond donors (Lipinski definition) is 2. The first-order chi connectivity index (χ1) is 14.4. The van der Waals surface area contributed by atoms with Crippen LogP contribution in [0.25, 0.3) is 0 Å². The molecule has 6 nitrogen and oxygen atoms in total. The van der Waals surface area contributed by atoms with E-state index in [9.17, 15) is 9.90 Å². The van der Waals surface area contributed by atoms with Gasteiger partial charge >= 0.3 is 0 Å². The molecule has 166 valence electrons. The van der Waals surface area contributed by atoms with Gasteiger partial charge in [-0.1, -0.05) is 53.7 Å². The van der Waals surface area contributed by atoms with Gasteiger partial charge in [-0.25, -0.2) is 5.43 Å². The summed E-state index contributed by atoms with van der Waals surface area (Å²) >= 11 is 0. The lowest BCUT2D eigenvalue weighted by atomic mass is 9.78. The van der Waals surface area contributed by atoms with Crippen molar-refractivity contribution < 1.29 is 19.4 Å². The summed E-state index contributed by atoms with van der Waals surface area (Å²) in [4.78, 5) is 12.3. The van der Waals surface area contributed by atoms with Crippen LogP contribution in [-0.2, 0) is 22.0 Å². The van der Waals surface area contributed by atoms with E-state index in [-0.39, 0.29) is 23.5 Å². The Morgan fingerprint density at radius 2 is 1.65 bits per heavy atom. The normalized spacial score (nSPS) is 13.6. The molecule has 2 N–H and O–H groups in total. The summed E-state index contributed by atoms with van der Waals surface area (Å²) in [5, 5.41) is 14.9. The summed E-state index contributed by atoms with van der Waals surface area (Å²) in [6, 6.07) is 9.50. The lowest BCUT2D eigenvalue weighted by Crippen LogP contribution is -2.20. The van der Waals surface area contributed by atoms with E-state index in [0.29, 0.717) is 30.1 Å². The molecule has 0 unspecified atom stereocenters. The number of fused-ring (bicyclic) bond motifs is 1. The van der Waals surface area contributed by atoms with E-state index in [1.165, 1.54) is 0 Å². The Morgan fingerprint density at radius 3 is 2.26 bits per heavy atom.